The second-order valence-electron chi connectivity index (χ2n) is 6.55. The van der Waals surface area contributed by atoms with Gasteiger partial charge in [0.05, 0.1) is 27.1 Å². The van der Waals surface area contributed by atoms with Crippen LogP contribution in [0, 0.1) is 0 Å². The van der Waals surface area contributed by atoms with Crippen molar-refractivity contribution in [1.82, 2.24) is 10.6 Å². The number of rotatable bonds is 2. The number of carbonyl (C=O) groups is 1. The van der Waals surface area contributed by atoms with Gasteiger partial charge in [-0.3, -0.25) is 0 Å². The first-order valence-electron chi connectivity index (χ1n) is 8.03. The maximum Gasteiger partial charge on any atom is 0.315 e. The molecule has 0 aromatic heterocycles. The molecule has 2 N–H and O–H groups in total. The fraction of sp³-hybridized carbons (Fsp3) is 0.562. The van der Waals surface area contributed by atoms with E-state index in [9.17, 15) is 13.2 Å². The SMILES string of the molecule is CC1CCC(NC(=O)NC2CCc3c2ccc(Cl)c3Cl)CS1(=O)=O. The molecule has 1 aliphatic carbocycles. The molecule has 3 atom stereocenters. The highest BCUT2D eigenvalue weighted by molar-refractivity contribution is 7.92. The molecular formula is C16H20Cl2N2O3S. The van der Waals surface area contributed by atoms with Crippen LogP contribution in [0.15, 0.2) is 12.1 Å². The van der Waals surface area contributed by atoms with Gasteiger partial charge in [0.2, 0.25) is 0 Å². The lowest BCUT2D eigenvalue weighted by molar-refractivity contribution is 0.233. The molecule has 24 heavy (non-hydrogen) atoms. The first kappa shape index (κ1) is 17.8. The van der Waals surface area contributed by atoms with E-state index in [4.69, 9.17) is 23.2 Å². The van der Waals surface area contributed by atoms with Crippen molar-refractivity contribution in [2.45, 2.75) is 49.9 Å². The second kappa shape index (κ2) is 6.73. The summed E-state index contributed by atoms with van der Waals surface area (Å²) in [7, 11) is -3.12. The molecular weight excluding hydrogens is 371 g/mol. The molecule has 1 heterocycles. The van der Waals surface area contributed by atoms with Gasteiger partial charge in [-0.1, -0.05) is 29.3 Å². The third-order valence-corrected chi connectivity index (χ3v) is 8.07. The first-order chi connectivity index (χ1) is 11.3. The van der Waals surface area contributed by atoms with Gasteiger partial charge < -0.3 is 10.6 Å². The summed E-state index contributed by atoms with van der Waals surface area (Å²) < 4.78 is 23.9. The minimum absolute atomic E-state index is 0.00424. The lowest BCUT2D eigenvalue weighted by atomic mass is 10.1. The molecule has 1 aromatic rings. The Morgan fingerprint density at radius 3 is 2.62 bits per heavy atom. The van der Waals surface area contributed by atoms with Crippen LogP contribution in [0.25, 0.3) is 0 Å². The Labute approximate surface area is 152 Å². The van der Waals surface area contributed by atoms with Crippen molar-refractivity contribution in [3.8, 4) is 0 Å². The summed E-state index contributed by atoms with van der Waals surface area (Å²) in [6.45, 7) is 1.72. The van der Waals surface area contributed by atoms with Crippen molar-refractivity contribution in [2.75, 3.05) is 5.75 Å². The summed E-state index contributed by atoms with van der Waals surface area (Å²) in [4.78, 5) is 12.2. The van der Waals surface area contributed by atoms with Gasteiger partial charge in [-0.15, -0.1) is 0 Å². The van der Waals surface area contributed by atoms with Gasteiger partial charge >= 0.3 is 6.03 Å². The lowest BCUT2D eigenvalue weighted by Crippen LogP contribution is -2.49. The van der Waals surface area contributed by atoms with Gasteiger partial charge in [-0.05, 0) is 49.8 Å². The van der Waals surface area contributed by atoms with Crippen LogP contribution in [0.5, 0.6) is 0 Å². The summed E-state index contributed by atoms with van der Waals surface area (Å²) >= 11 is 12.2. The monoisotopic (exact) mass is 390 g/mol. The van der Waals surface area contributed by atoms with E-state index in [-0.39, 0.29) is 29.1 Å². The van der Waals surface area contributed by atoms with E-state index >= 15 is 0 Å². The summed E-state index contributed by atoms with van der Waals surface area (Å²) in [6, 6.07) is 2.81. The zero-order valence-corrected chi connectivity index (χ0v) is 15.6. The molecule has 3 rings (SSSR count). The zero-order chi connectivity index (χ0) is 17.5. The number of hydrogen-bond donors (Lipinski definition) is 2. The van der Waals surface area contributed by atoms with Gasteiger partial charge in [0.25, 0.3) is 0 Å². The Hall–Kier alpha value is -0.980. The van der Waals surface area contributed by atoms with Gasteiger partial charge in [0.1, 0.15) is 0 Å². The number of fused-ring (bicyclic) bond motifs is 1. The summed E-state index contributed by atoms with van der Waals surface area (Å²) in [5, 5.41) is 6.45. The maximum atomic E-state index is 12.2. The molecule has 132 valence electrons. The molecule has 0 bridgehead atoms. The minimum Gasteiger partial charge on any atom is -0.334 e. The fourth-order valence-electron chi connectivity index (χ4n) is 3.42. The predicted octanol–water partition coefficient (Wildman–Crippen LogP) is 3.25. The number of urea groups is 1. The summed E-state index contributed by atoms with van der Waals surface area (Å²) in [5.74, 6) is 0.00424. The molecule has 8 heteroatoms. The van der Waals surface area contributed by atoms with Crippen LogP contribution in [-0.4, -0.2) is 31.5 Å². The molecule has 5 nitrogen and oxygen atoms in total. The molecule has 1 fully saturated rings. The van der Waals surface area contributed by atoms with E-state index in [0.717, 1.165) is 24.0 Å². The van der Waals surface area contributed by atoms with E-state index in [0.29, 0.717) is 22.9 Å². The average molecular weight is 391 g/mol. The molecule has 0 radical (unpaired) electrons. The highest BCUT2D eigenvalue weighted by Gasteiger charge is 2.33. The van der Waals surface area contributed by atoms with Gasteiger partial charge in [0.15, 0.2) is 9.84 Å². The number of sulfone groups is 1. The van der Waals surface area contributed by atoms with E-state index in [1.165, 1.54) is 0 Å². The minimum atomic E-state index is -3.12. The first-order valence-corrected chi connectivity index (χ1v) is 10.5. The fourth-order valence-corrected chi connectivity index (χ4v) is 5.50. The quantitative estimate of drug-likeness (QED) is 0.813. The third-order valence-electron chi connectivity index (χ3n) is 4.90. The van der Waals surface area contributed by atoms with Crippen LogP contribution < -0.4 is 10.6 Å². The largest absolute Gasteiger partial charge is 0.334 e. The molecule has 3 unspecified atom stereocenters. The van der Waals surface area contributed by atoms with Crippen molar-refractivity contribution in [1.29, 1.82) is 0 Å². The van der Waals surface area contributed by atoms with Crippen LogP contribution in [0.3, 0.4) is 0 Å². The molecule has 1 aromatic carbocycles. The molecule has 1 aliphatic heterocycles. The third kappa shape index (κ3) is 3.51. The predicted molar refractivity (Wildman–Crippen MR) is 95.5 cm³/mol. The Kier molecular flexibility index (Phi) is 5.00. The van der Waals surface area contributed by atoms with Gasteiger partial charge in [-0.25, -0.2) is 13.2 Å². The van der Waals surface area contributed by atoms with Gasteiger partial charge in [0, 0.05) is 6.04 Å². The number of nitrogens with one attached hydrogen (secondary N) is 2. The highest BCUT2D eigenvalue weighted by Crippen LogP contribution is 2.39. The highest BCUT2D eigenvalue weighted by atomic mass is 35.5. The second-order valence-corrected chi connectivity index (χ2v) is 9.80. The van der Waals surface area contributed by atoms with E-state index in [1.807, 2.05) is 6.07 Å². The van der Waals surface area contributed by atoms with E-state index in [2.05, 4.69) is 10.6 Å². The van der Waals surface area contributed by atoms with Crippen molar-refractivity contribution in [3.63, 3.8) is 0 Å². The Morgan fingerprint density at radius 2 is 1.92 bits per heavy atom. The molecule has 0 saturated carbocycles. The van der Waals surface area contributed by atoms with Crippen LogP contribution >= 0.6 is 23.2 Å². The normalized spacial score (nSPS) is 28.2. The van der Waals surface area contributed by atoms with Gasteiger partial charge in [-0.2, -0.15) is 0 Å². The van der Waals surface area contributed by atoms with Crippen molar-refractivity contribution >= 4 is 39.1 Å². The van der Waals surface area contributed by atoms with Crippen LogP contribution in [-0.2, 0) is 16.3 Å². The number of hydrogen-bond acceptors (Lipinski definition) is 3. The number of amides is 2. The van der Waals surface area contributed by atoms with Crippen molar-refractivity contribution < 1.29 is 13.2 Å². The maximum absolute atomic E-state index is 12.2. The zero-order valence-electron chi connectivity index (χ0n) is 13.3. The molecule has 2 aliphatic rings. The van der Waals surface area contributed by atoms with E-state index < -0.39 is 9.84 Å². The Balaban J connectivity index is 1.63. The molecule has 0 spiro atoms. The van der Waals surface area contributed by atoms with Crippen LogP contribution in [0.2, 0.25) is 10.0 Å². The summed E-state index contributed by atoms with van der Waals surface area (Å²) in [6.07, 6.45) is 2.77. The van der Waals surface area contributed by atoms with E-state index in [1.54, 1.807) is 13.0 Å². The Bertz CT molecular complexity index is 767. The molecule has 1 saturated heterocycles. The lowest BCUT2D eigenvalue weighted by Gasteiger charge is -2.27. The van der Waals surface area contributed by atoms with Crippen LogP contribution in [0.4, 0.5) is 4.79 Å². The smallest absolute Gasteiger partial charge is 0.315 e. The average Bonchev–Trinajstić information content (AvgIpc) is 2.90. The standard InChI is InChI=1S/C16H20Cl2N2O3S/c1-9-2-3-10(8-24(9,22)23)19-16(21)20-14-7-5-12-11(14)4-6-13(17)15(12)18/h4,6,9-10,14H,2-3,5,7-8H2,1H3,(H2,19,20,21). The van der Waals surface area contributed by atoms with Crippen molar-refractivity contribution in [3.05, 3.63) is 33.3 Å². The van der Waals surface area contributed by atoms with Crippen LogP contribution in [0.1, 0.15) is 43.4 Å². The number of benzene rings is 1. The summed E-state index contributed by atoms with van der Waals surface area (Å²) in [5.41, 5.74) is 1.95. The van der Waals surface area contributed by atoms with Crippen molar-refractivity contribution in [2.24, 2.45) is 0 Å². The number of halogens is 2. The topological polar surface area (TPSA) is 75.3 Å². The molecule has 2 amide bonds. The number of carbonyl (C=O) groups excluding carboxylic acids is 1. The Morgan fingerprint density at radius 1 is 1.17 bits per heavy atom.